The van der Waals surface area contributed by atoms with Crippen LogP contribution >= 0.6 is 0 Å². The molecule has 4 aromatic rings. The molecule has 0 radical (unpaired) electrons. The molecule has 4 rings (SSSR count). The van der Waals surface area contributed by atoms with Gasteiger partial charge in [0.1, 0.15) is 5.75 Å². The Morgan fingerprint density at radius 1 is 1.09 bits per heavy atom. The summed E-state index contributed by atoms with van der Waals surface area (Å²) in [5.74, 6) is 1.26. The van der Waals surface area contributed by atoms with Crippen molar-refractivity contribution >= 4 is 10.9 Å². The monoisotopic (exact) mass is 433 g/mol. The Kier molecular flexibility index (Phi) is 6.18. The van der Waals surface area contributed by atoms with Crippen LogP contribution in [0.15, 0.2) is 54.7 Å². The highest BCUT2D eigenvalue weighted by atomic mass is 16.5. The first kappa shape index (κ1) is 21.9. The number of nitrogens with zero attached hydrogens (tertiary/aromatic N) is 4. The highest BCUT2D eigenvalue weighted by Crippen LogP contribution is 2.33. The fraction of sp³-hybridized carbons (Fsp3) is 0.292. The van der Waals surface area contributed by atoms with Gasteiger partial charge in [-0.15, -0.1) is 0 Å². The van der Waals surface area contributed by atoms with Crippen molar-refractivity contribution in [3.8, 4) is 22.8 Å². The Labute approximate surface area is 186 Å². The van der Waals surface area contributed by atoms with Gasteiger partial charge in [-0.3, -0.25) is 5.73 Å². The SMILES string of the molecule is CCC[C@@](N)(O)c1cccc(-c2cc(OCC)c3cnn(-c4cccc(CO)n4)c3c2)n1. The van der Waals surface area contributed by atoms with E-state index in [-0.39, 0.29) is 6.61 Å². The smallest absolute Gasteiger partial charge is 0.156 e. The molecular formula is C24H27N5O3. The Balaban J connectivity index is 1.88. The van der Waals surface area contributed by atoms with Gasteiger partial charge in [-0.1, -0.05) is 25.5 Å². The molecule has 8 heteroatoms. The first-order valence-electron chi connectivity index (χ1n) is 10.7. The van der Waals surface area contributed by atoms with E-state index in [1.165, 1.54) is 0 Å². The summed E-state index contributed by atoms with van der Waals surface area (Å²) in [6, 6.07) is 14.7. The molecule has 3 heterocycles. The first-order valence-corrected chi connectivity index (χ1v) is 10.7. The van der Waals surface area contributed by atoms with Crippen molar-refractivity contribution in [2.75, 3.05) is 6.61 Å². The lowest BCUT2D eigenvalue weighted by atomic mass is 10.0. The second-order valence-corrected chi connectivity index (χ2v) is 7.62. The van der Waals surface area contributed by atoms with Gasteiger partial charge in [-0.05, 0) is 49.7 Å². The van der Waals surface area contributed by atoms with Crippen molar-refractivity contribution in [1.29, 1.82) is 0 Å². The number of aliphatic hydroxyl groups excluding tert-OH is 1. The van der Waals surface area contributed by atoms with Gasteiger partial charge in [0.15, 0.2) is 11.5 Å². The summed E-state index contributed by atoms with van der Waals surface area (Å²) in [6.07, 6.45) is 2.88. The molecule has 0 aliphatic heterocycles. The summed E-state index contributed by atoms with van der Waals surface area (Å²) in [6.45, 7) is 4.23. The third kappa shape index (κ3) is 4.20. The summed E-state index contributed by atoms with van der Waals surface area (Å²) in [5, 5.41) is 25.4. The van der Waals surface area contributed by atoms with Crippen molar-refractivity contribution in [2.45, 2.75) is 39.0 Å². The number of fused-ring (bicyclic) bond motifs is 1. The average molecular weight is 434 g/mol. The fourth-order valence-electron chi connectivity index (χ4n) is 3.72. The van der Waals surface area contributed by atoms with Crippen molar-refractivity contribution in [2.24, 2.45) is 5.73 Å². The van der Waals surface area contributed by atoms with E-state index in [2.05, 4.69) is 15.1 Å². The van der Waals surface area contributed by atoms with E-state index in [1.54, 1.807) is 23.0 Å². The van der Waals surface area contributed by atoms with Gasteiger partial charge in [0.2, 0.25) is 0 Å². The minimum atomic E-state index is -1.49. The van der Waals surface area contributed by atoms with Crippen LogP contribution in [-0.4, -0.2) is 36.6 Å². The van der Waals surface area contributed by atoms with Crippen molar-refractivity contribution in [3.05, 3.63) is 66.1 Å². The molecular weight excluding hydrogens is 406 g/mol. The van der Waals surface area contributed by atoms with E-state index >= 15 is 0 Å². The molecule has 0 unspecified atom stereocenters. The van der Waals surface area contributed by atoms with Gasteiger partial charge < -0.3 is 14.9 Å². The van der Waals surface area contributed by atoms with E-state index in [9.17, 15) is 10.2 Å². The molecule has 166 valence electrons. The van der Waals surface area contributed by atoms with Crippen LogP contribution in [0.4, 0.5) is 0 Å². The standard InChI is InChI=1S/C24H27N5O3/c1-3-11-24(25,31)22-9-6-8-19(28-22)16-12-20-18(21(13-16)32-4-2)14-26-29(20)23-10-5-7-17(15-30)27-23/h5-10,12-14,30-31H,3-4,11,15,25H2,1-2H3/t24-/m1/s1. The highest BCUT2D eigenvalue weighted by Gasteiger charge is 2.25. The van der Waals surface area contributed by atoms with Gasteiger partial charge >= 0.3 is 0 Å². The summed E-state index contributed by atoms with van der Waals surface area (Å²) >= 11 is 0. The van der Waals surface area contributed by atoms with E-state index in [0.717, 1.165) is 22.9 Å². The Morgan fingerprint density at radius 3 is 2.66 bits per heavy atom. The predicted octanol–water partition coefficient (Wildman–Crippen LogP) is 3.28. The molecule has 0 spiro atoms. The van der Waals surface area contributed by atoms with E-state index in [0.29, 0.717) is 41.7 Å². The molecule has 1 aromatic carbocycles. The third-order valence-electron chi connectivity index (χ3n) is 5.24. The zero-order valence-corrected chi connectivity index (χ0v) is 18.2. The van der Waals surface area contributed by atoms with Crippen molar-refractivity contribution < 1.29 is 14.9 Å². The van der Waals surface area contributed by atoms with Crippen LogP contribution in [0.1, 0.15) is 38.1 Å². The van der Waals surface area contributed by atoms with Gasteiger partial charge in [0.05, 0.1) is 47.4 Å². The molecule has 0 saturated heterocycles. The second kappa shape index (κ2) is 9.04. The predicted molar refractivity (Wildman–Crippen MR) is 122 cm³/mol. The number of ether oxygens (including phenoxy) is 1. The number of aliphatic hydroxyl groups is 2. The van der Waals surface area contributed by atoms with Crippen molar-refractivity contribution in [3.63, 3.8) is 0 Å². The van der Waals surface area contributed by atoms with Gasteiger partial charge in [-0.25, -0.2) is 14.6 Å². The van der Waals surface area contributed by atoms with Crippen LogP contribution in [0.25, 0.3) is 28.0 Å². The summed E-state index contributed by atoms with van der Waals surface area (Å²) in [7, 11) is 0. The number of aromatic nitrogens is 4. The van der Waals surface area contributed by atoms with Crippen molar-refractivity contribution in [1.82, 2.24) is 19.7 Å². The molecule has 0 amide bonds. The normalized spacial score (nSPS) is 13.3. The van der Waals surface area contributed by atoms with Gasteiger partial charge in [0, 0.05) is 5.56 Å². The average Bonchev–Trinajstić information content (AvgIpc) is 3.24. The quantitative estimate of drug-likeness (QED) is 0.365. The van der Waals surface area contributed by atoms with Crippen LogP contribution in [0.2, 0.25) is 0 Å². The zero-order valence-electron chi connectivity index (χ0n) is 18.2. The number of nitrogens with two attached hydrogens (primary N) is 1. The van der Waals surface area contributed by atoms with Gasteiger partial charge in [-0.2, -0.15) is 5.10 Å². The number of hydrogen-bond donors (Lipinski definition) is 3. The topological polar surface area (TPSA) is 119 Å². The largest absolute Gasteiger partial charge is 0.493 e. The fourth-order valence-corrected chi connectivity index (χ4v) is 3.72. The molecule has 0 aliphatic rings. The van der Waals surface area contributed by atoms with E-state index in [1.807, 2.05) is 50.2 Å². The number of pyridine rings is 2. The third-order valence-corrected chi connectivity index (χ3v) is 5.24. The lowest BCUT2D eigenvalue weighted by Gasteiger charge is -2.22. The number of hydrogen-bond acceptors (Lipinski definition) is 7. The van der Waals surface area contributed by atoms with Crippen LogP contribution in [0, 0.1) is 0 Å². The van der Waals surface area contributed by atoms with Crippen LogP contribution in [0.5, 0.6) is 5.75 Å². The van der Waals surface area contributed by atoms with E-state index in [4.69, 9.17) is 10.5 Å². The molecule has 0 aliphatic carbocycles. The van der Waals surface area contributed by atoms with Crippen LogP contribution in [0.3, 0.4) is 0 Å². The number of rotatable bonds is 8. The lowest BCUT2D eigenvalue weighted by Crippen LogP contribution is -2.37. The Bertz CT molecular complexity index is 1240. The molecule has 0 fully saturated rings. The minimum absolute atomic E-state index is 0.154. The molecule has 32 heavy (non-hydrogen) atoms. The summed E-state index contributed by atoms with van der Waals surface area (Å²) in [4.78, 5) is 9.12. The van der Waals surface area contributed by atoms with Crippen LogP contribution in [-0.2, 0) is 12.3 Å². The molecule has 0 bridgehead atoms. The zero-order chi connectivity index (χ0) is 22.7. The highest BCUT2D eigenvalue weighted by molar-refractivity contribution is 5.90. The molecule has 3 aromatic heterocycles. The molecule has 1 atom stereocenters. The Hall–Kier alpha value is -3.33. The number of benzene rings is 1. The van der Waals surface area contributed by atoms with Gasteiger partial charge in [0.25, 0.3) is 0 Å². The minimum Gasteiger partial charge on any atom is -0.493 e. The first-order chi connectivity index (χ1) is 15.5. The van der Waals surface area contributed by atoms with E-state index < -0.39 is 5.72 Å². The van der Waals surface area contributed by atoms with Crippen LogP contribution < -0.4 is 10.5 Å². The Morgan fingerprint density at radius 2 is 1.91 bits per heavy atom. The maximum atomic E-state index is 10.6. The lowest BCUT2D eigenvalue weighted by molar-refractivity contribution is 0.0292. The second-order valence-electron chi connectivity index (χ2n) is 7.62. The summed E-state index contributed by atoms with van der Waals surface area (Å²) < 4.78 is 7.60. The maximum Gasteiger partial charge on any atom is 0.156 e. The summed E-state index contributed by atoms with van der Waals surface area (Å²) in [5.41, 5.74) is 7.83. The molecule has 8 nitrogen and oxygen atoms in total. The molecule has 4 N–H and O–H groups in total. The maximum absolute atomic E-state index is 10.6. The molecule has 0 saturated carbocycles.